The highest BCUT2D eigenvalue weighted by atomic mass is 16.2. The van der Waals surface area contributed by atoms with Crippen LogP contribution < -0.4 is 0 Å². The summed E-state index contributed by atoms with van der Waals surface area (Å²) in [7, 11) is 0. The Hall–Kier alpha value is -2.03. The van der Waals surface area contributed by atoms with Crippen molar-refractivity contribution in [2.75, 3.05) is 6.54 Å². The van der Waals surface area contributed by atoms with Gasteiger partial charge in [0.05, 0.1) is 6.04 Å². The standard InChI is InChI=1S/C17H20N2O/c1-3-16(20)19-12-11-18-10-6-9-15(18)17(19)14-8-5-4-7-13(14)2/h4-10,17H,3,11-12H2,1-2H3/t17-/m1/s1. The van der Waals surface area contributed by atoms with Crippen molar-refractivity contribution in [2.24, 2.45) is 0 Å². The molecule has 3 nitrogen and oxygen atoms in total. The number of hydrogen-bond acceptors (Lipinski definition) is 1. The van der Waals surface area contributed by atoms with Gasteiger partial charge < -0.3 is 9.47 Å². The molecule has 2 heterocycles. The maximum absolute atomic E-state index is 12.3. The fourth-order valence-electron chi connectivity index (χ4n) is 3.08. The molecule has 0 spiro atoms. The van der Waals surface area contributed by atoms with E-state index in [4.69, 9.17) is 0 Å². The number of aromatic nitrogens is 1. The van der Waals surface area contributed by atoms with Gasteiger partial charge in [0.15, 0.2) is 0 Å². The minimum absolute atomic E-state index is 0.0485. The Morgan fingerprint density at radius 2 is 2.00 bits per heavy atom. The summed E-state index contributed by atoms with van der Waals surface area (Å²) in [5.41, 5.74) is 3.68. The zero-order valence-corrected chi connectivity index (χ0v) is 12.0. The lowest BCUT2D eigenvalue weighted by molar-refractivity contribution is -0.133. The largest absolute Gasteiger partial charge is 0.348 e. The van der Waals surface area contributed by atoms with Gasteiger partial charge in [-0.25, -0.2) is 0 Å². The summed E-state index contributed by atoms with van der Waals surface area (Å²) in [6.45, 7) is 5.72. The molecule has 0 bridgehead atoms. The number of hydrogen-bond donors (Lipinski definition) is 0. The van der Waals surface area contributed by atoms with Crippen LogP contribution in [0.15, 0.2) is 42.6 Å². The van der Waals surface area contributed by atoms with Crippen LogP contribution in [-0.2, 0) is 11.3 Å². The molecule has 104 valence electrons. The first kappa shape index (κ1) is 13.0. The SMILES string of the molecule is CCC(=O)N1CCn2cccc2[C@H]1c1ccccc1C. The van der Waals surface area contributed by atoms with E-state index in [1.807, 2.05) is 17.9 Å². The molecule has 2 aromatic rings. The molecule has 20 heavy (non-hydrogen) atoms. The van der Waals surface area contributed by atoms with Crippen LogP contribution in [0.2, 0.25) is 0 Å². The first-order chi connectivity index (χ1) is 9.72. The molecule has 3 rings (SSSR count). The van der Waals surface area contributed by atoms with E-state index in [9.17, 15) is 4.79 Å². The number of nitrogens with zero attached hydrogens (tertiary/aromatic N) is 2. The second kappa shape index (κ2) is 5.16. The average Bonchev–Trinajstić information content (AvgIpc) is 2.94. The van der Waals surface area contributed by atoms with Crippen molar-refractivity contribution in [3.05, 3.63) is 59.4 Å². The Morgan fingerprint density at radius 1 is 1.20 bits per heavy atom. The van der Waals surface area contributed by atoms with Gasteiger partial charge in [-0.2, -0.15) is 0 Å². The lowest BCUT2D eigenvalue weighted by atomic mass is 9.95. The molecule has 0 saturated heterocycles. The first-order valence-electron chi connectivity index (χ1n) is 7.22. The Balaban J connectivity index is 2.12. The molecule has 1 aromatic heterocycles. The molecule has 0 unspecified atom stereocenters. The van der Waals surface area contributed by atoms with Gasteiger partial charge in [-0.15, -0.1) is 0 Å². The van der Waals surface area contributed by atoms with E-state index in [0.717, 1.165) is 13.1 Å². The van der Waals surface area contributed by atoms with Crippen molar-refractivity contribution in [1.82, 2.24) is 9.47 Å². The summed E-state index contributed by atoms with van der Waals surface area (Å²) < 4.78 is 2.26. The smallest absolute Gasteiger partial charge is 0.223 e. The number of aryl methyl sites for hydroxylation is 1. The molecule has 1 aliphatic rings. The zero-order chi connectivity index (χ0) is 14.1. The van der Waals surface area contributed by atoms with E-state index in [0.29, 0.717) is 6.42 Å². The number of carbonyl (C=O) groups excluding carboxylic acids is 1. The third-order valence-electron chi connectivity index (χ3n) is 4.14. The number of carbonyl (C=O) groups is 1. The quantitative estimate of drug-likeness (QED) is 0.821. The lowest BCUT2D eigenvalue weighted by Crippen LogP contribution is -2.42. The molecule has 0 saturated carbocycles. The van der Waals surface area contributed by atoms with Crippen molar-refractivity contribution in [2.45, 2.75) is 32.9 Å². The van der Waals surface area contributed by atoms with Crippen molar-refractivity contribution < 1.29 is 4.79 Å². The first-order valence-corrected chi connectivity index (χ1v) is 7.22. The van der Waals surface area contributed by atoms with Crippen LogP contribution in [0.25, 0.3) is 0 Å². The number of amides is 1. The van der Waals surface area contributed by atoms with Gasteiger partial charge in [0.25, 0.3) is 0 Å². The van der Waals surface area contributed by atoms with Crippen LogP contribution in [0.1, 0.15) is 36.2 Å². The Bertz CT molecular complexity index is 629. The highest BCUT2D eigenvalue weighted by Crippen LogP contribution is 2.34. The summed E-state index contributed by atoms with van der Waals surface area (Å²) in [4.78, 5) is 14.3. The lowest BCUT2D eigenvalue weighted by Gasteiger charge is -2.38. The number of rotatable bonds is 2. The minimum atomic E-state index is 0.0485. The molecule has 0 radical (unpaired) electrons. The van der Waals surface area contributed by atoms with Gasteiger partial charge in [0.2, 0.25) is 5.91 Å². The fraction of sp³-hybridized carbons (Fsp3) is 0.353. The maximum atomic E-state index is 12.3. The van der Waals surface area contributed by atoms with Crippen molar-refractivity contribution in [3.8, 4) is 0 Å². The van der Waals surface area contributed by atoms with Crippen LogP contribution in [0.5, 0.6) is 0 Å². The van der Waals surface area contributed by atoms with Crippen LogP contribution in [-0.4, -0.2) is 21.9 Å². The van der Waals surface area contributed by atoms with E-state index >= 15 is 0 Å². The Morgan fingerprint density at radius 3 is 2.75 bits per heavy atom. The molecule has 0 N–H and O–H groups in total. The predicted octanol–water partition coefficient (Wildman–Crippen LogP) is 3.14. The van der Waals surface area contributed by atoms with Gasteiger partial charge in [0, 0.05) is 31.4 Å². The zero-order valence-electron chi connectivity index (χ0n) is 12.0. The third-order valence-corrected chi connectivity index (χ3v) is 4.14. The van der Waals surface area contributed by atoms with Crippen LogP contribution in [0.3, 0.4) is 0 Å². The Labute approximate surface area is 119 Å². The molecule has 1 atom stereocenters. The van der Waals surface area contributed by atoms with E-state index in [2.05, 4.69) is 48.0 Å². The number of fused-ring (bicyclic) bond motifs is 1. The molecule has 1 amide bonds. The molecular formula is C17H20N2O. The summed E-state index contributed by atoms with van der Waals surface area (Å²) in [6.07, 6.45) is 2.66. The van der Waals surface area contributed by atoms with E-state index < -0.39 is 0 Å². The second-order valence-electron chi connectivity index (χ2n) is 5.33. The number of benzene rings is 1. The van der Waals surface area contributed by atoms with Gasteiger partial charge in [0.1, 0.15) is 0 Å². The molecule has 0 aliphatic carbocycles. The van der Waals surface area contributed by atoms with Gasteiger partial charge in [-0.3, -0.25) is 4.79 Å². The van der Waals surface area contributed by atoms with Gasteiger partial charge in [-0.05, 0) is 30.2 Å². The molecule has 1 aliphatic heterocycles. The highest BCUT2D eigenvalue weighted by Gasteiger charge is 2.31. The second-order valence-corrected chi connectivity index (χ2v) is 5.33. The summed E-state index contributed by atoms with van der Waals surface area (Å²) in [5.74, 6) is 0.228. The Kier molecular flexibility index (Phi) is 3.35. The van der Waals surface area contributed by atoms with Gasteiger partial charge >= 0.3 is 0 Å². The van der Waals surface area contributed by atoms with E-state index in [1.54, 1.807) is 0 Å². The normalized spacial score (nSPS) is 17.9. The molecule has 0 fully saturated rings. The molecule has 3 heteroatoms. The van der Waals surface area contributed by atoms with Crippen molar-refractivity contribution >= 4 is 5.91 Å². The van der Waals surface area contributed by atoms with E-state index in [-0.39, 0.29) is 11.9 Å². The van der Waals surface area contributed by atoms with E-state index in [1.165, 1.54) is 16.8 Å². The monoisotopic (exact) mass is 268 g/mol. The summed E-state index contributed by atoms with van der Waals surface area (Å²) in [5, 5.41) is 0. The topological polar surface area (TPSA) is 25.2 Å². The molecular weight excluding hydrogens is 248 g/mol. The van der Waals surface area contributed by atoms with Crippen LogP contribution >= 0.6 is 0 Å². The highest BCUT2D eigenvalue weighted by molar-refractivity contribution is 5.77. The summed E-state index contributed by atoms with van der Waals surface area (Å²) in [6, 6.07) is 12.6. The minimum Gasteiger partial charge on any atom is -0.348 e. The predicted molar refractivity (Wildman–Crippen MR) is 79.5 cm³/mol. The summed E-state index contributed by atoms with van der Waals surface area (Å²) >= 11 is 0. The fourth-order valence-corrected chi connectivity index (χ4v) is 3.08. The molecule has 1 aromatic carbocycles. The maximum Gasteiger partial charge on any atom is 0.223 e. The van der Waals surface area contributed by atoms with Crippen molar-refractivity contribution in [3.63, 3.8) is 0 Å². The third kappa shape index (κ3) is 2.03. The average molecular weight is 268 g/mol. The van der Waals surface area contributed by atoms with Crippen LogP contribution in [0, 0.1) is 6.92 Å². The van der Waals surface area contributed by atoms with Crippen LogP contribution in [0.4, 0.5) is 0 Å². The van der Waals surface area contributed by atoms with Gasteiger partial charge in [-0.1, -0.05) is 31.2 Å². The van der Waals surface area contributed by atoms with Crippen molar-refractivity contribution in [1.29, 1.82) is 0 Å².